The van der Waals surface area contributed by atoms with Crippen LogP contribution < -0.4 is 0 Å². The van der Waals surface area contributed by atoms with E-state index in [4.69, 9.17) is 30.9 Å². The van der Waals surface area contributed by atoms with Crippen LogP contribution in [0.4, 0.5) is 0 Å². The number of epoxide rings is 1. The summed E-state index contributed by atoms with van der Waals surface area (Å²) in [5, 5.41) is 20.0. The van der Waals surface area contributed by atoms with E-state index < -0.39 is 41.3 Å². The van der Waals surface area contributed by atoms with Crippen molar-refractivity contribution in [1.82, 2.24) is 0 Å². The van der Waals surface area contributed by atoms with Crippen LogP contribution in [-0.2, 0) is 23.8 Å². The molecule has 0 aromatic rings. The molecule has 29 heavy (non-hydrogen) atoms. The zero-order valence-electron chi connectivity index (χ0n) is 17.7. The summed E-state index contributed by atoms with van der Waals surface area (Å²) in [4.78, 5) is 22.8. The Hall–Kier alpha value is -1.15. The third-order valence-corrected chi connectivity index (χ3v) is 6.49. The van der Waals surface area contributed by atoms with E-state index in [0.29, 0.717) is 12.8 Å². The molecule has 1 saturated heterocycles. The number of aliphatic hydroxyl groups is 1. The first-order valence-corrected chi connectivity index (χ1v) is 10.6. The molecule has 0 aromatic carbocycles. The predicted octanol–water partition coefficient (Wildman–Crippen LogP) is 3.06. The summed E-state index contributed by atoms with van der Waals surface area (Å²) in [6.07, 6.45) is 2.58. The number of carboxylic acid groups (broad SMARTS) is 1. The molecule has 1 saturated carbocycles. The minimum atomic E-state index is -1.19. The number of hydrogen-bond acceptors (Lipinski definition) is 6. The third-order valence-electron chi connectivity index (χ3n) is 6.03. The van der Waals surface area contributed by atoms with Crippen LogP contribution in [0.15, 0.2) is 11.6 Å². The van der Waals surface area contributed by atoms with Crippen molar-refractivity contribution in [1.29, 1.82) is 0 Å². The van der Waals surface area contributed by atoms with E-state index in [1.54, 1.807) is 0 Å². The smallest absolute Gasteiger partial charge is 0.306 e. The van der Waals surface area contributed by atoms with E-state index in [1.165, 1.54) is 12.7 Å². The Kier molecular flexibility index (Phi) is 8.13. The standard InChI is InChI=1S/C21H33ClO7/c1-13(2)8-9-15-20(3,29-15)19-18(27-4)14(10-11-21(19,26)12-22)28-17(25)7-5-6-16(23)24/h8,14-15,18-19,26H,5-7,9-12H2,1-4H3,(H,23,24)/t14-,15+,18-,19-,20-,21+/m1/s1. The lowest BCUT2D eigenvalue weighted by molar-refractivity contribution is -0.192. The summed E-state index contributed by atoms with van der Waals surface area (Å²) in [6, 6.07) is 0. The van der Waals surface area contributed by atoms with Gasteiger partial charge in [-0.2, -0.15) is 0 Å². The normalized spacial score (nSPS) is 36.3. The van der Waals surface area contributed by atoms with Crippen LogP contribution in [0.25, 0.3) is 0 Å². The maximum atomic E-state index is 12.2. The first-order chi connectivity index (χ1) is 13.6. The van der Waals surface area contributed by atoms with Crippen molar-refractivity contribution in [3.63, 3.8) is 0 Å². The summed E-state index contributed by atoms with van der Waals surface area (Å²) in [5.74, 6) is -1.83. The molecule has 2 rings (SSSR count). The van der Waals surface area contributed by atoms with Crippen molar-refractivity contribution in [3.05, 3.63) is 11.6 Å². The monoisotopic (exact) mass is 432 g/mol. The molecule has 2 N–H and O–H groups in total. The number of carbonyl (C=O) groups excluding carboxylic acids is 1. The van der Waals surface area contributed by atoms with Gasteiger partial charge in [-0.3, -0.25) is 9.59 Å². The lowest BCUT2D eigenvalue weighted by atomic mass is 9.66. The molecule has 7 nitrogen and oxygen atoms in total. The second-order valence-electron chi connectivity index (χ2n) is 8.54. The van der Waals surface area contributed by atoms with Crippen molar-refractivity contribution < 1.29 is 34.0 Å². The number of aliphatic carboxylic acids is 1. The van der Waals surface area contributed by atoms with Gasteiger partial charge in [0.05, 0.1) is 23.5 Å². The topological polar surface area (TPSA) is 106 Å². The Balaban J connectivity index is 2.13. The van der Waals surface area contributed by atoms with Crippen molar-refractivity contribution in [2.45, 2.75) is 88.8 Å². The number of methoxy groups -OCH3 is 1. The average Bonchev–Trinajstić information content (AvgIpc) is 3.31. The van der Waals surface area contributed by atoms with Gasteiger partial charge in [-0.05, 0) is 46.5 Å². The Labute approximate surface area is 177 Å². The van der Waals surface area contributed by atoms with Gasteiger partial charge < -0.3 is 24.4 Å². The molecular weight excluding hydrogens is 400 g/mol. The predicted molar refractivity (Wildman–Crippen MR) is 108 cm³/mol. The molecule has 2 fully saturated rings. The molecule has 166 valence electrons. The Morgan fingerprint density at radius 3 is 2.55 bits per heavy atom. The number of carboxylic acids is 1. The fourth-order valence-corrected chi connectivity index (χ4v) is 4.74. The quantitative estimate of drug-likeness (QED) is 0.236. The van der Waals surface area contributed by atoms with Crippen LogP contribution in [-0.4, -0.2) is 64.7 Å². The van der Waals surface area contributed by atoms with Crippen molar-refractivity contribution >= 4 is 23.5 Å². The third kappa shape index (κ3) is 5.72. The van der Waals surface area contributed by atoms with Crippen molar-refractivity contribution in [3.8, 4) is 0 Å². The molecule has 0 aromatic heterocycles. The number of alkyl halides is 1. The fourth-order valence-electron chi connectivity index (χ4n) is 4.44. The fraction of sp³-hybridized carbons (Fsp3) is 0.810. The van der Waals surface area contributed by atoms with Crippen LogP contribution in [0.5, 0.6) is 0 Å². The van der Waals surface area contributed by atoms with Gasteiger partial charge in [0, 0.05) is 20.0 Å². The number of hydrogen-bond donors (Lipinski definition) is 2. The van der Waals surface area contributed by atoms with Gasteiger partial charge in [-0.1, -0.05) is 11.6 Å². The highest BCUT2D eigenvalue weighted by atomic mass is 35.5. The van der Waals surface area contributed by atoms with Gasteiger partial charge in [-0.15, -0.1) is 11.6 Å². The number of esters is 1. The van der Waals surface area contributed by atoms with Crippen molar-refractivity contribution in [2.75, 3.05) is 13.0 Å². The summed E-state index contributed by atoms with van der Waals surface area (Å²) < 4.78 is 17.4. The van der Waals surface area contributed by atoms with Gasteiger partial charge in [0.15, 0.2) is 0 Å². The minimum absolute atomic E-state index is 0.0284. The molecular formula is C21H33ClO7. The number of allylic oxidation sites excluding steroid dienone is 1. The molecule has 1 aliphatic carbocycles. The van der Waals surface area contributed by atoms with E-state index in [0.717, 1.165) is 6.42 Å². The lowest BCUT2D eigenvalue weighted by Gasteiger charge is -2.48. The van der Waals surface area contributed by atoms with Gasteiger partial charge in [0.2, 0.25) is 0 Å². The first kappa shape index (κ1) is 24.1. The van der Waals surface area contributed by atoms with Crippen LogP contribution in [0.2, 0.25) is 0 Å². The first-order valence-electron chi connectivity index (χ1n) is 10.1. The highest BCUT2D eigenvalue weighted by Crippen LogP contribution is 2.54. The van der Waals surface area contributed by atoms with Crippen molar-refractivity contribution in [2.24, 2.45) is 5.92 Å². The second kappa shape index (κ2) is 9.77. The summed E-state index contributed by atoms with van der Waals surface area (Å²) >= 11 is 6.16. The van der Waals surface area contributed by atoms with Gasteiger partial charge >= 0.3 is 11.9 Å². The molecule has 1 aliphatic heterocycles. The van der Waals surface area contributed by atoms with Gasteiger partial charge in [0.1, 0.15) is 17.8 Å². The molecule has 6 atom stereocenters. The lowest BCUT2D eigenvalue weighted by Crippen LogP contribution is -2.61. The highest BCUT2D eigenvalue weighted by molar-refractivity contribution is 6.18. The minimum Gasteiger partial charge on any atom is -0.481 e. The van der Waals surface area contributed by atoms with E-state index in [-0.39, 0.29) is 31.2 Å². The summed E-state index contributed by atoms with van der Waals surface area (Å²) in [7, 11) is 1.53. The maximum Gasteiger partial charge on any atom is 0.306 e. The van der Waals surface area contributed by atoms with E-state index in [9.17, 15) is 14.7 Å². The molecule has 0 radical (unpaired) electrons. The van der Waals surface area contributed by atoms with Gasteiger partial charge in [0.25, 0.3) is 0 Å². The summed E-state index contributed by atoms with van der Waals surface area (Å²) in [6.45, 7) is 5.99. The highest BCUT2D eigenvalue weighted by Gasteiger charge is 2.67. The molecule has 1 heterocycles. The van der Waals surface area contributed by atoms with Crippen LogP contribution >= 0.6 is 11.6 Å². The Morgan fingerprint density at radius 1 is 1.31 bits per heavy atom. The number of carbonyl (C=O) groups is 2. The van der Waals surface area contributed by atoms with Crippen LogP contribution in [0.1, 0.15) is 59.3 Å². The van der Waals surface area contributed by atoms with Crippen LogP contribution in [0.3, 0.4) is 0 Å². The van der Waals surface area contributed by atoms with E-state index in [1.807, 2.05) is 20.8 Å². The molecule has 8 heteroatoms. The molecule has 0 spiro atoms. The van der Waals surface area contributed by atoms with E-state index >= 15 is 0 Å². The van der Waals surface area contributed by atoms with Crippen LogP contribution in [0, 0.1) is 5.92 Å². The zero-order valence-corrected chi connectivity index (χ0v) is 18.4. The molecule has 0 amide bonds. The van der Waals surface area contributed by atoms with Gasteiger partial charge in [-0.25, -0.2) is 0 Å². The molecule has 0 bridgehead atoms. The van der Waals surface area contributed by atoms with E-state index in [2.05, 4.69) is 6.08 Å². The Morgan fingerprint density at radius 2 is 2.00 bits per heavy atom. The largest absolute Gasteiger partial charge is 0.481 e. The average molecular weight is 433 g/mol. The SMILES string of the molecule is CO[C@@H]1[C@H](OC(=O)CCCC(=O)O)CC[C@](O)(CCl)[C@H]1[C@]1(C)O[C@H]1CC=C(C)C. The zero-order chi connectivity index (χ0) is 21.8. The number of ether oxygens (including phenoxy) is 3. The second-order valence-corrected chi connectivity index (χ2v) is 8.80. The molecule has 0 unspecified atom stereocenters. The molecule has 2 aliphatic rings. The maximum absolute atomic E-state index is 12.2. The number of halogens is 1. The number of rotatable bonds is 10. The Bertz CT molecular complexity index is 633. The summed E-state index contributed by atoms with van der Waals surface area (Å²) in [5.41, 5.74) is -0.635.